The molecule has 13 heavy (non-hydrogen) atoms. The van der Waals surface area contributed by atoms with E-state index in [1.165, 1.54) is 6.08 Å². The Labute approximate surface area is 82.7 Å². The highest BCUT2D eigenvalue weighted by Crippen LogP contribution is 2.08. The normalized spacial score (nSPS) is 11.2. The van der Waals surface area contributed by atoms with Crippen molar-refractivity contribution in [2.24, 2.45) is 0 Å². The molecule has 0 aliphatic heterocycles. The summed E-state index contributed by atoms with van der Waals surface area (Å²) in [7, 11) is 0. The van der Waals surface area contributed by atoms with Crippen LogP contribution in [0.25, 0.3) is 0 Å². The Morgan fingerprint density at radius 1 is 1.38 bits per heavy atom. The van der Waals surface area contributed by atoms with Crippen molar-refractivity contribution in [1.82, 2.24) is 0 Å². The van der Waals surface area contributed by atoms with E-state index in [0.717, 1.165) is 5.56 Å². The van der Waals surface area contributed by atoms with Crippen LogP contribution in [-0.2, 0) is 0 Å². The molecular weight excluding hydrogens is 184 g/mol. The summed E-state index contributed by atoms with van der Waals surface area (Å²) in [4.78, 5) is 0. The van der Waals surface area contributed by atoms with Crippen LogP contribution >= 0.6 is 11.6 Å². The van der Waals surface area contributed by atoms with Gasteiger partial charge in [0, 0.05) is 10.6 Å². The van der Waals surface area contributed by atoms with E-state index in [1.54, 1.807) is 24.3 Å². The summed E-state index contributed by atoms with van der Waals surface area (Å²) >= 11 is 5.69. The SMILES string of the molecule is C=CC(O)C#Cc1ccc(Cl)cc1. The van der Waals surface area contributed by atoms with Gasteiger partial charge in [-0.25, -0.2) is 0 Å². The number of rotatable bonds is 1. The Balaban J connectivity index is 2.78. The molecule has 1 aromatic rings. The minimum Gasteiger partial charge on any atom is -0.377 e. The van der Waals surface area contributed by atoms with Gasteiger partial charge >= 0.3 is 0 Å². The van der Waals surface area contributed by atoms with Crippen LogP contribution in [0, 0.1) is 11.8 Å². The summed E-state index contributed by atoms with van der Waals surface area (Å²) in [6, 6.07) is 7.11. The molecule has 0 radical (unpaired) electrons. The summed E-state index contributed by atoms with van der Waals surface area (Å²) in [6.45, 7) is 3.41. The number of aliphatic hydroxyl groups excluding tert-OH is 1. The lowest BCUT2D eigenvalue weighted by molar-refractivity contribution is 0.281. The number of benzene rings is 1. The molecule has 1 nitrogen and oxygen atoms in total. The van der Waals surface area contributed by atoms with Crippen molar-refractivity contribution in [3.63, 3.8) is 0 Å². The fourth-order valence-electron chi connectivity index (χ4n) is 0.749. The molecule has 1 N–H and O–H groups in total. The van der Waals surface area contributed by atoms with Crippen molar-refractivity contribution in [2.45, 2.75) is 6.10 Å². The molecule has 0 heterocycles. The largest absolute Gasteiger partial charge is 0.377 e. The van der Waals surface area contributed by atoms with Gasteiger partial charge in [0.05, 0.1) is 0 Å². The van der Waals surface area contributed by atoms with Gasteiger partial charge in [-0.3, -0.25) is 0 Å². The molecule has 0 aliphatic carbocycles. The Hall–Kier alpha value is -1.23. The molecule has 0 saturated heterocycles. The first kappa shape index (κ1) is 9.85. The lowest BCUT2D eigenvalue weighted by Gasteiger charge is -1.92. The topological polar surface area (TPSA) is 20.2 Å². The van der Waals surface area contributed by atoms with Crippen molar-refractivity contribution >= 4 is 11.6 Å². The van der Waals surface area contributed by atoms with E-state index in [4.69, 9.17) is 16.7 Å². The Morgan fingerprint density at radius 3 is 2.54 bits per heavy atom. The summed E-state index contributed by atoms with van der Waals surface area (Å²) in [6.07, 6.45) is 0.610. The monoisotopic (exact) mass is 192 g/mol. The highest BCUT2D eigenvalue weighted by Gasteiger charge is 1.89. The maximum absolute atomic E-state index is 9.06. The first-order valence-corrected chi connectivity index (χ1v) is 4.18. The third-order valence-electron chi connectivity index (χ3n) is 1.43. The van der Waals surface area contributed by atoms with E-state index in [-0.39, 0.29) is 0 Å². The number of halogens is 1. The van der Waals surface area contributed by atoms with Crippen molar-refractivity contribution in [3.05, 3.63) is 47.5 Å². The summed E-state index contributed by atoms with van der Waals surface area (Å²) in [5, 5.41) is 9.73. The van der Waals surface area contributed by atoms with Gasteiger partial charge in [0.1, 0.15) is 6.10 Å². The maximum atomic E-state index is 9.06. The van der Waals surface area contributed by atoms with Crippen molar-refractivity contribution < 1.29 is 5.11 Å². The zero-order valence-electron chi connectivity index (χ0n) is 7.00. The van der Waals surface area contributed by atoms with Gasteiger partial charge in [0.2, 0.25) is 0 Å². The summed E-state index contributed by atoms with van der Waals surface area (Å²) < 4.78 is 0. The van der Waals surface area contributed by atoms with Gasteiger partial charge in [-0.15, -0.1) is 0 Å². The van der Waals surface area contributed by atoms with Gasteiger partial charge in [-0.05, 0) is 24.3 Å². The Kier molecular flexibility index (Phi) is 3.57. The van der Waals surface area contributed by atoms with E-state index >= 15 is 0 Å². The number of hydrogen-bond acceptors (Lipinski definition) is 1. The van der Waals surface area contributed by atoms with Crippen molar-refractivity contribution in [3.8, 4) is 11.8 Å². The Morgan fingerprint density at radius 2 is 2.00 bits per heavy atom. The van der Waals surface area contributed by atoms with Gasteiger partial charge < -0.3 is 5.11 Å². The quantitative estimate of drug-likeness (QED) is 0.535. The van der Waals surface area contributed by atoms with Gasteiger partial charge in [0.15, 0.2) is 0 Å². The fraction of sp³-hybridized carbons (Fsp3) is 0.0909. The molecule has 0 bridgehead atoms. The average molecular weight is 193 g/mol. The van der Waals surface area contributed by atoms with Crippen molar-refractivity contribution in [1.29, 1.82) is 0 Å². The van der Waals surface area contributed by atoms with Crippen LogP contribution in [0.5, 0.6) is 0 Å². The van der Waals surface area contributed by atoms with Crippen LogP contribution in [-0.4, -0.2) is 11.2 Å². The molecule has 1 aromatic carbocycles. The molecular formula is C11H9ClO. The molecule has 0 amide bonds. The Bertz CT molecular complexity index is 343. The number of aliphatic hydroxyl groups is 1. The predicted octanol–water partition coefficient (Wildman–Crippen LogP) is 2.24. The van der Waals surface area contributed by atoms with Crippen LogP contribution in [0.3, 0.4) is 0 Å². The van der Waals surface area contributed by atoms with Crippen molar-refractivity contribution in [2.75, 3.05) is 0 Å². The van der Waals surface area contributed by atoms with Crippen LogP contribution in [0.2, 0.25) is 5.02 Å². The molecule has 1 unspecified atom stereocenters. The van der Waals surface area contributed by atoms with Crippen LogP contribution in [0.4, 0.5) is 0 Å². The third kappa shape index (κ3) is 3.33. The second-order valence-corrected chi connectivity index (χ2v) is 2.89. The van der Waals surface area contributed by atoms with E-state index < -0.39 is 6.10 Å². The van der Waals surface area contributed by atoms with E-state index in [9.17, 15) is 0 Å². The first-order chi connectivity index (χ1) is 6.22. The third-order valence-corrected chi connectivity index (χ3v) is 1.68. The first-order valence-electron chi connectivity index (χ1n) is 3.80. The number of hydrogen-bond donors (Lipinski definition) is 1. The molecule has 66 valence electrons. The van der Waals surface area contributed by atoms with E-state index in [1.807, 2.05) is 0 Å². The molecule has 0 aromatic heterocycles. The highest BCUT2D eigenvalue weighted by molar-refractivity contribution is 6.30. The van der Waals surface area contributed by atoms with E-state index in [2.05, 4.69) is 18.4 Å². The molecule has 1 atom stereocenters. The van der Waals surface area contributed by atoms with Crippen LogP contribution in [0.1, 0.15) is 5.56 Å². The summed E-state index contributed by atoms with van der Waals surface area (Å²) in [5.41, 5.74) is 0.824. The molecule has 0 spiro atoms. The second kappa shape index (κ2) is 4.71. The van der Waals surface area contributed by atoms with Crippen LogP contribution in [0.15, 0.2) is 36.9 Å². The molecule has 0 aliphatic rings. The molecule has 1 rings (SSSR count). The molecule has 0 fully saturated rings. The van der Waals surface area contributed by atoms with Gasteiger partial charge in [-0.2, -0.15) is 0 Å². The minimum absolute atomic E-state index is 0.676. The predicted molar refractivity (Wildman–Crippen MR) is 54.5 cm³/mol. The summed E-state index contributed by atoms with van der Waals surface area (Å²) in [5.74, 6) is 5.41. The van der Waals surface area contributed by atoms with E-state index in [0.29, 0.717) is 5.02 Å². The fourth-order valence-corrected chi connectivity index (χ4v) is 0.875. The smallest absolute Gasteiger partial charge is 0.133 e. The standard InChI is InChI=1S/C11H9ClO/c1-2-11(13)8-5-9-3-6-10(12)7-4-9/h2-4,6-7,11,13H,1H2. The zero-order chi connectivity index (χ0) is 9.68. The maximum Gasteiger partial charge on any atom is 0.133 e. The zero-order valence-corrected chi connectivity index (χ0v) is 7.75. The highest BCUT2D eigenvalue weighted by atomic mass is 35.5. The van der Waals surface area contributed by atoms with Crippen LogP contribution < -0.4 is 0 Å². The molecule has 2 heteroatoms. The minimum atomic E-state index is -0.768. The lowest BCUT2D eigenvalue weighted by Crippen LogP contribution is -1.95. The lowest BCUT2D eigenvalue weighted by atomic mass is 10.2. The average Bonchev–Trinajstić information content (AvgIpc) is 2.16. The second-order valence-electron chi connectivity index (χ2n) is 2.46. The van der Waals surface area contributed by atoms with Gasteiger partial charge in [-0.1, -0.05) is 36.1 Å². The molecule has 0 saturated carbocycles. The van der Waals surface area contributed by atoms with Gasteiger partial charge in [0.25, 0.3) is 0 Å².